The molecule has 5 nitrogen and oxygen atoms in total. The minimum atomic E-state index is -1.02. The molecule has 114 valence electrons. The lowest BCUT2D eigenvalue weighted by Crippen LogP contribution is -2.33. The molecule has 0 fully saturated rings. The maximum Gasteiger partial charge on any atom is 0.323 e. The number of amides is 1. The monoisotopic (exact) mass is 306 g/mol. The van der Waals surface area contributed by atoms with Gasteiger partial charge in [-0.15, -0.1) is 0 Å². The highest BCUT2D eigenvalue weighted by atomic mass is 16.4. The Labute approximate surface area is 132 Å². The van der Waals surface area contributed by atoms with Crippen LogP contribution in [0.2, 0.25) is 0 Å². The molecule has 0 spiro atoms. The molecule has 1 amide bonds. The molecule has 1 aromatic heterocycles. The lowest BCUT2D eigenvalue weighted by molar-refractivity contribution is -0.138. The van der Waals surface area contributed by atoms with Gasteiger partial charge in [0.05, 0.1) is 6.04 Å². The second kappa shape index (κ2) is 4.98. The number of nitrogens with zero attached hydrogens (tertiary/aromatic N) is 1. The molecular weight excluding hydrogens is 292 g/mol. The number of H-pyrrole nitrogens is 1. The van der Waals surface area contributed by atoms with Crippen molar-refractivity contribution in [1.82, 2.24) is 9.88 Å². The largest absolute Gasteiger partial charge is 0.480 e. The number of carbonyl (C=O) groups excluding carboxylic acids is 1. The van der Waals surface area contributed by atoms with Crippen molar-refractivity contribution in [2.24, 2.45) is 0 Å². The summed E-state index contributed by atoms with van der Waals surface area (Å²) in [5.41, 5.74) is 3.31. The third-order valence-electron chi connectivity index (χ3n) is 4.28. The van der Waals surface area contributed by atoms with E-state index in [9.17, 15) is 14.7 Å². The summed E-state index contributed by atoms with van der Waals surface area (Å²) in [7, 11) is 0. The SMILES string of the molecule is O=C(O)CN1C(=O)c2ccccc2C1c1c[nH]c2ccccc12. The van der Waals surface area contributed by atoms with Gasteiger partial charge in [-0.05, 0) is 17.7 Å². The van der Waals surface area contributed by atoms with Gasteiger partial charge in [-0.1, -0.05) is 36.4 Å². The third kappa shape index (κ3) is 2.01. The van der Waals surface area contributed by atoms with Crippen molar-refractivity contribution in [3.63, 3.8) is 0 Å². The van der Waals surface area contributed by atoms with Crippen molar-refractivity contribution >= 4 is 22.8 Å². The number of hydrogen-bond donors (Lipinski definition) is 2. The lowest BCUT2D eigenvalue weighted by Gasteiger charge is -2.23. The van der Waals surface area contributed by atoms with E-state index < -0.39 is 5.97 Å². The second-order valence-electron chi connectivity index (χ2n) is 5.61. The molecule has 2 N–H and O–H groups in total. The molecule has 1 atom stereocenters. The molecule has 3 aromatic rings. The molecule has 1 aliphatic rings. The summed E-state index contributed by atoms with van der Waals surface area (Å²) < 4.78 is 0. The van der Waals surface area contributed by atoms with Crippen LogP contribution in [-0.2, 0) is 4.79 Å². The second-order valence-corrected chi connectivity index (χ2v) is 5.61. The number of aromatic amines is 1. The molecule has 1 unspecified atom stereocenters. The first-order valence-corrected chi connectivity index (χ1v) is 7.34. The van der Waals surface area contributed by atoms with Gasteiger partial charge in [0.15, 0.2) is 0 Å². The van der Waals surface area contributed by atoms with Crippen LogP contribution in [0.5, 0.6) is 0 Å². The minimum Gasteiger partial charge on any atom is -0.480 e. The number of benzene rings is 2. The van der Waals surface area contributed by atoms with E-state index in [1.54, 1.807) is 12.1 Å². The average molecular weight is 306 g/mol. The van der Waals surface area contributed by atoms with Crippen LogP contribution in [0.15, 0.2) is 54.7 Å². The number of carboxylic acid groups (broad SMARTS) is 1. The molecule has 0 saturated heterocycles. The highest BCUT2D eigenvalue weighted by Crippen LogP contribution is 2.40. The van der Waals surface area contributed by atoms with Crippen molar-refractivity contribution in [3.8, 4) is 0 Å². The molecule has 23 heavy (non-hydrogen) atoms. The van der Waals surface area contributed by atoms with Crippen LogP contribution in [0.25, 0.3) is 10.9 Å². The Kier molecular flexibility index (Phi) is 2.94. The predicted octanol–water partition coefficient (Wildman–Crippen LogP) is 2.80. The Bertz CT molecular complexity index is 929. The number of fused-ring (bicyclic) bond motifs is 2. The Morgan fingerprint density at radius 3 is 2.65 bits per heavy atom. The van der Waals surface area contributed by atoms with Crippen molar-refractivity contribution in [2.45, 2.75) is 6.04 Å². The zero-order valence-electron chi connectivity index (χ0n) is 12.2. The first-order valence-electron chi connectivity index (χ1n) is 7.34. The van der Waals surface area contributed by atoms with Crippen LogP contribution in [0.3, 0.4) is 0 Å². The molecule has 1 aliphatic heterocycles. The highest BCUT2D eigenvalue weighted by Gasteiger charge is 2.39. The van der Waals surface area contributed by atoms with Gasteiger partial charge in [0.25, 0.3) is 5.91 Å². The average Bonchev–Trinajstić information content (AvgIpc) is 3.08. The smallest absolute Gasteiger partial charge is 0.323 e. The summed E-state index contributed by atoms with van der Waals surface area (Å²) in [5, 5.41) is 10.2. The molecular formula is C18H14N2O3. The van der Waals surface area contributed by atoms with E-state index >= 15 is 0 Å². The standard InChI is InChI=1S/C18H14N2O3/c21-16(22)10-20-17(12-6-1-2-7-13(12)18(20)23)14-9-19-15-8-4-3-5-11(14)15/h1-9,17,19H,10H2,(H,21,22). The fraction of sp³-hybridized carbons (Fsp3) is 0.111. The van der Waals surface area contributed by atoms with Gasteiger partial charge in [-0.25, -0.2) is 0 Å². The molecule has 4 rings (SSSR count). The van der Waals surface area contributed by atoms with Gasteiger partial charge in [0.1, 0.15) is 6.54 Å². The van der Waals surface area contributed by atoms with Crippen LogP contribution in [0.1, 0.15) is 27.5 Å². The van der Waals surface area contributed by atoms with Crippen LogP contribution in [-0.4, -0.2) is 33.4 Å². The van der Waals surface area contributed by atoms with E-state index in [0.717, 1.165) is 22.0 Å². The van der Waals surface area contributed by atoms with Gasteiger partial charge < -0.3 is 15.0 Å². The van der Waals surface area contributed by atoms with Crippen molar-refractivity contribution in [1.29, 1.82) is 0 Å². The van der Waals surface area contributed by atoms with E-state index in [0.29, 0.717) is 5.56 Å². The maximum atomic E-state index is 12.6. The Balaban J connectivity index is 1.93. The summed E-state index contributed by atoms with van der Waals surface area (Å²) in [6.45, 7) is -0.322. The summed E-state index contributed by atoms with van der Waals surface area (Å²) in [4.78, 5) is 28.5. The minimum absolute atomic E-state index is 0.238. The summed E-state index contributed by atoms with van der Waals surface area (Å²) in [6.07, 6.45) is 1.86. The molecule has 0 aliphatic carbocycles. The van der Waals surface area contributed by atoms with Crippen molar-refractivity contribution < 1.29 is 14.7 Å². The number of hydrogen-bond acceptors (Lipinski definition) is 2. The Morgan fingerprint density at radius 2 is 1.83 bits per heavy atom. The predicted molar refractivity (Wildman–Crippen MR) is 85.3 cm³/mol. The fourth-order valence-electron chi connectivity index (χ4n) is 3.33. The van der Waals surface area contributed by atoms with E-state index in [2.05, 4.69) is 4.98 Å². The van der Waals surface area contributed by atoms with Crippen LogP contribution in [0, 0.1) is 0 Å². The van der Waals surface area contributed by atoms with Gasteiger partial charge in [0, 0.05) is 28.2 Å². The van der Waals surface area contributed by atoms with Gasteiger partial charge in [-0.3, -0.25) is 9.59 Å². The van der Waals surface area contributed by atoms with E-state index in [4.69, 9.17) is 0 Å². The summed E-state index contributed by atoms with van der Waals surface area (Å²) in [6, 6.07) is 14.7. The normalized spacial score (nSPS) is 16.8. The van der Waals surface area contributed by atoms with Gasteiger partial charge >= 0.3 is 5.97 Å². The van der Waals surface area contributed by atoms with Crippen molar-refractivity contribution in [2.75, 3.05) is 6.54 Å². The van der Waals surface area contributed by atoms with E-state index in [1.807, 2.05) is 42.6 Å². The fourth-order valence-corrected chi connectivity index (χ4v) is 3.33. The zero-order valence-corrected chi connectivity index (χ0v) is 12.2. The Hall–Kier alpha value is -3.08. The zero-order chi connectivity index (χ0) is 16.0. The number of aliphatic carboxylic acids is 1. The first-order chi connectivity index (χ1) is 11.2. The van der Waals surface area contributed by atoms with Gasteiger partial charge in [-0.2, -0.15) is 0 Å². The molecule has 5 heteroatoms. The number of para-hydroxylation sites is 1. The molecule has 0 bridgehead atoms. The van der Waals surface area contributed by atoms with E-state index in [1.165, 1.54) is 4.90 Å². The molecule has 2 aromatic carbocycles. The maximum absolute atomic E-state index is 12.6. The van der Waals surface area contributed by atoms with Crippen LogP contribution in [0.4, 0.5) is 0 Å². The Morgan fingerprint density at radius 1 is 1.09 bits per heavy atom. The number of aromatic nitrogens is 1. The lowest BCUT2D eigenvalue weighted by atomic mass is 9.97. The summed E-state index contributed by atoms with van der Waals surface area (Å²) in [5.74, 6) is -1.26. The summed E-state index contributed by atoms with van der Waals surface area (Å²) >= 11 is 0. The number of carboxylic acids is 1. The van der Waals surface area contributed by atoms with Crippen LogP contribution < -0.4 is 0 Å². The quantitative estimate of drug-likeness (QED) is 0.781. The van der Waals surface area contributed by atoms with Crippen LogP contribution >= 0.6 is 0 Å². The first kappa shape index (κ1) is 13.6. The van der Waals surface area contributed by atoms with Gasteiger partial charge in [0.2, 0.25) is 0 Å². The molecule has 0 saturated carbocycles. The third-order valence-corrected chi connectivity index (χ3v) is 4.28. The van der Waals surface area contributed by atoms with E-state index in [-0.39, 0.29) is 18.5 Å². The number of nitrogens with one attached hydrogen (secondary N) is 1. The van der Waals surface area contributed by atoms with Crippen molar-refractivity contribution in [3.05, 3.63) is 71.4 Å². The highest BCUT2D eigenvalue weighted by molar-refractivity contribution is 6.02. The topological polar surface area (TPSA) is 73.4 Å². The number of carbonyl (C=O) groups is 2. The molecule has 0 radical (unpaired) electrons. The number of rotatable bonds is 3. The molecule has 2 heterocycles.